The molecule has 0 amide bonds. The molecule has 0 radical (unpaired) electrons. The first-order valence-electron chi connectivity index (χ1n) is 5.13. The fourth-order valence-corrected chi connectivity index (χ4v) is 1.85. The van der Waals surface area contributed by atoms with Crippen LogP contribution < -0.4 is 10.5 Å². The van der Waals surface area contributed by atoms with Crippen LogP contribution in [0.15, 0.2) is 17.2 Å². The van der Waals surface area contributed by atoms with Gasteiger partial charge in [0.15, 0.2) is 5.82 Å². The first kappa shape index (κ1) is 10.2. The van der Waals surface area contributed by atoms with E-state index in [9.17, 15) is 9.90 Å². The molecule has 1 aliphatic heterocycles. The van der Waals surface area contributed by atoms with Gasteiger partial charge in [0, 0.05) is 32.5 Å². The zero-order chi connectivity index (χ0) is 10.8. The molecule has 0 bridgehead atoms. The smallest absolute Gasteiger partial charge is 0.293 e. The predicted octanol–water partition coefficient (Wildman–Crippen LogP) is -0.259. The fourth-order valence-electron chi connectivity index (χ4n) is 1.85. The molecular weight excluding hydrogens is 194 g/mol. The molecule has 82 valence electrons. The third kappa shape index (κ3) is 2.02. The van der Waals surface area contributed by atoms with E-state index in [4.69, 9.17) is 0 Å². The van der Waals surface area contributed by atoms with Crippen LogP contribution in [0.2, 0.25) is 0 Å². The fraction of sp³-hybridized carbons (Fsp3) is 0.600. The number of nitrogens with zero attached hydrogens (tertiary/aromatic N) is 3. The van der Waals surface area contributed by atoms with Crippen molar-refractivity contribution in [3.8, 4) is 0 Å². The van der Waals surface area contributed by atoms with E-state index in [0.29, 0.717) is 12.4 Å². The van der Waals surface area contributed by atoms with Gasteiger partial charge < -0.3 is 14.6 Å². The summed E-state index contributed by atoms with van der Waals surface area (Å²) in [7, 11) is 1.70. The SMILES string of the molecule is Cn1ccnc(N2CCCC(O)C2)c1=O. The van der Waals surface area contributed by atoms with E-state index < -0.39 is 0 Å². The summed E-state index contributed by atoms with van der Waals surface area (Å²) < 4.78 is 1.50. The maximum atomic E-state index is 11.8. The standard InChI is InChI=1S/C10H15N3O2/c1-12-6-4-11-9(10(12)15)13-5-2-3-8(14)7-13/h4,6,8,14H,2-3,5,7H2,1H3. The molecule has 1 aliphatic rings. The second-order valence-corrected chi connectivity index (χ2v) is 3.91. The summed E-state index contributed by atoms with van der Waals surface area (Å²) in [5.41, 5.74) is -0.105. The molecule has 15 heavy (non-hydrogen) atoms. The Kier molecular flexibility index (Phi) is 2.73. The predicted molar refractivity (Wildman–Crippen MR) is 56.9 cm³/mol. The van der Waals surface area contributed by atoms with Crippen molar-refractivity contribution in [2.24, 2.45) is 7.05 Å². The molecule has 1 fully saturated rings. The van der Waals surface area contributed by atoms with Crippen molar-refractivity contribution >= 4 is 5.82 Å². The number of aryl methyl sites for hydroxylation is 1. The van der Waals surface area contributed by atoms with Crippen molar-refractivity contribution in [2.45, 2.75) is 18.9 Å². The Balaban J connectivity index is 2.29. The van der Waals surface area contributed by atoms with E-state index in [1.165, 1.54) is 4.57 Å². The van der Waals surface area contributed by atoms with E-state index in [1.807, 2.05) is 4.90 Å². The van der Waals surface area contributed by atoms with Crippen LogP contribution in [0.25, 0.3) is 0 Å². The van der Waals surface area contributed by atoms with Crippen LogP contribution in [0.5, 0.6) is 0 Å². The van der Waals surface area contributed by atoms with Gasteiger partial charge in [0.05, 0.1) is 6.10 Å². The topological polar surface area (TPSA) is 58.4 Å². The lowest BCUT2D eigenvalue weighted by atomic mass is 10.1. The van der Waals surface area contributed by atoms with Gasteiger partial charge in [0.25, 0.3) is 5.56 Å². The maximum absolute atomic E-state index is 11.8. The van der Waals surface area contributed by atoms with Crippen molar-refractivity contribution in [2.75, 3.05) is 18.0 Å². The number of aliphatic hydroxyl groups is 1. The maximum Gasteiger partial charge on any atom is 0.293 e. The van der Waals surface area contributed by atoms with E-state index in [0.717, 1.165) is 19.4 Å². The number of hydrogen-bond acceptors (Lipinski definition) is 4. The first-order chi connectivity index (χ1) is 7.18. The minimum absolute atomic E-state index is 0.105. The molecule has 0 spiro atoms. The molecule has 0 saturated carbocycles. The molecular formula is C10H15N3O2. The average molecular weight is 209 g/mol. The van der Waals surface area contributed by atoms with Crippen LogP contribution in [0, 0.1) is 0 Å². The normalized spacial score (nSPS) is 21.7. The van der Waals surface area contributed by atoms with Gasteiger partial charge in [-0.05, 0) is 12.8 Å². The lowest BCUT2D eigenvalue weighted by molar-refractivity contribution is 0.153. The summed E-state index contributed by atoms with van der Waals surface area (Å²) in [5, 5.41) is 9.52. The zero-order valence-corrected chi connectivity index (χ0v) is 8.76. The molecule has 5 heteroatoms. The Bertz CT molecular complexity index is 402. The van der Waals surface area contributed by atoms with E-state index in [1.54, 1.807) is 19.4 Å². The van der Waals surface area contributed by atoms with Crippen LogP contribution in [-0.4, -0.2) is 33.9 Å². The summed E-state index contributed by atoms with van der Waals surface area (Å²) in [5.74, 6) is 0.443. The summed E-state index contributed by atoms with van der Waals surface area (Å²) in [6.45, 7) is 1.30. The number of aromatic nitrogens is 2. The highest BCUT2D eigenvalue weighted by Gasteiger charge is 2.20. The van der Waals surface area contributed by atoms with Crippen molar-refractivity contribution < 1.29 is 5.11 Å². The molecule has 1 aromatic rings. The van der Waals surface area contributed by atoms with Gasteiger partial charge >= 0.3 is 0 Å². The summed E-state index contributed by atoms with van der Waals surface area (Å²) in [4.78, 5) is 17.7. The number of aliphatic hydroxyl groups excluding tert-OH is 1. The van der Waals surface area contributed by atoms with Crippen molar-refractivity contribution in [3.05, 3.63) is 22.7 Å². The number of piperidine rings is 1. The van der Waals surface area contributed by atoms with Crippen molar-refractivity contribution in [3.63, 3.8) is 0 Å². The van der Waals surface area contributed by atoms with Crippen LogP contribution in [0.3, 0.4) is 0 Å². The molecule has 0 aliphatic carbocycles. The van der Waals surface area contributed by atoms with Gasteiger partial charge in [-0.15, -0.1) is 0 Å². The minimum atomic E-state index is -0.342. The molecule has 1 saturated heterocycles. The van der Waals surface area contributed by atoms with Crippen LogP contribution in [-0.2, 0) is 7.05 Å². The summed E-state index contributed by atoms with van der Waals surface area (Å²) >= 11 is 0. The van der Waals surface area contributed by atoms with Crippen molar-refractivity contribution in [1.82, 2.24) is 9.55 Å². The molecule has 1 atom stereocenters. The molecule has 2 rings (SSSR count). The first-order valence-corrected chi connectivity index (χ1v) is 5.13. The third-order valence-corrected chi connectivity index (χ3v) is 2.69. The largest absolute Gasteiger partial charge is 0.391 e. The monoisotopic (exact) mass is 209 g/mol. The van der Waals surface area contributed by atoms with Gasteiger partial charge in [0.1, 0.15) is 0 Å². The second kappa shape index (κ2) is 4.02. The highest BCUT2D eigenvalue weighted by Crippen LogP contribution is 2.13. The molecule has 1 unspecified atom stereocenters. The summed E-state index contributed by atoms with van der Waals surface area (Å²) in [6.07, 6.45) is 4.61. The van der Waals surface area contributed by atoms with Gasteiger partial charge in [-0.25, -0.2) is 4.98 Å². The Labute approximate surface area is 88.0 Å². The molecule has 1 N–H and O–H groups in total. The van der Waals surface area contributed by atoms with Gasteiger partial charge in [-0.2, -0.15) is 0 Å². The van der Waals surface area contributed by atoms with Gasteiger partial charge in [-0.1, -0.05) is 0 Å². The third-order valence-electron chi connectivity index (χ3n) is 2.69. The zero-order valence-electron chi connectivity index (χ0n) is 8.76. The lowest BCUT2D eigenvalue weighted by Gasteiger charge is -2.30. The lowest BCUT2D eigenvalue weighted by Crippen LogP contribution is -2.42. The highest BCUT2D eigenvalue weighted by molar-refractivity contribution is 5.36. The Morgan fingerprint density at radius 3 is 3.13 bits per heavy atom. The van der Waals surface area contributed by atoms with Crippen LogP contribution in [0.4, 0.5) is 5.82 Å². The Hall–Kier alpha value is -1.36. The van der Waals surface area contributed by atoms with E-state index in [2.05, 4.69) is 4.98 Å². The summed E-state index contributed by atoms with van der Waals surface area (Å²) in [6, 6.07) is 0. The highest BCUT2D eigenvalue weighted by atomic mass is 16.3. The van der Waals surface area contributed by atoms with Crippen LogP contribution >= 0.6 is 0 Å². The van der Waals surface area contributed by atoms with E-state index in [-0.39, 0.29) is 11.7 Å². The number of rotatable bonds is 1. The minimum Gasteiger partial charge on any atom is -0.391 e. The molecule has 1 aromatic heterocycles. The van der Waals surface area contributed by atoms with Gasteiger partial charge in [0.2, 0.25) is 0 Å². The second-order valence-electron chi connectivity index (χ2n) is 3.91. The number of hydrogen-bond donors (Lipinski definition) is 1. The van der Waals surface area contributed by atoms with E-state index >= 15 is 0 Å². The Morgan fingerprint density at radius 1 is 1.60 bits per heavy atom. The average Bonchev–Trinajstić information content (AvgIpc) is 2.22. The van der Waals surface area contributed by atoms with Crippen molar-refractivity contribution in [1.29, 1.82) is 0 Å². The van der Waals surface area contributed by atoms with Gasteiger partial charge in [-0.3, -0.25) is 4.79 Å². The Morgan fingerprint density at radius 2 is 2.40 bits per heavy atom. The molecule has 2 heterocycles. The van der Waals surface area contributed by atoms with Crippen LogP contribution in [0.1, 0.15) is 12.8 Å². The number of anilines is 1. The number of β-amino-alcohol motifs (C(OH)–C–C–N with tert-alkyl or cyclic N) is 1. The molecule has 0 aromatic carbocycles. The molecule has 5 nitrogen and oxygen atoms in total. The quantitative estimate of drug-likeness (QED) is 0.692.